The van der Waals surface area contributed by atoms with Crippen LogP contribution in [0.15, 0.2) is 61.1 Å². The Labute approximate surface area is 209 Å². The summed E-state index contributed by atoms with van der Waals surface area (Å²) < 4.78 is 12.1. The Morgan fingerprint density at radius 1 is 0.914 bits per heavy atom. The highest BCUT2D eigenvalue weighted by Crippen LogP contribution is 2.34. The number of ether oxygens (including phenoxy) is 2. The predicted molar refractivity (Wildman–Crippen MR) is 137 cm³/mol. The smallest absolute Gasteiger partial charge is 0.347 e. The molecule has 11 heteroatoms. The molecule has 9 nitrogen and oxygen atoms in total. The Balaban J connectivity index is 1.43. The molecule has 2 aromatic heterocycles. The minimum atomic E-state index is -0.429. The number of nitrogens with zero attached hydrogens (tertiary/aromatic N) is 4. The van der Waals surface area contributed by atoms with Crippen molar-refractivity contribution in [1.29, 1.82) is 0 Å². The highest BCUT2D eigenvalue weighted by molar-refractivity contribution is 6.42. The molecule has 0 radical (unpaired) electrons. The van der Waals surface area contributed by atoms with Gasteiger partial charge in [-0.2, -0.15) is 9.78 Å². The Hall–Kier alpha value is -4.08. The molecule has 5 aromatic rings. The zero-order chi connectivity index (χ0) is 24.5. The van der Waals surface area contributed by atoms with E-state index < -0.39 is 6.03 Å². The standard InChI is InChI=1S/C24H18Cl2N6O3/c1-34-21-9-16-19(10-22(21)35-2)27-12-28-23(16)30-14-4-6-20-13(7-14)11-29-32(20)24(33)31-15-3-5-17(25)18(26)8-15/h3-12H,1-2H3,(H,31,33)(H,27,28,30). The van der Waals surface area contributed by atoms with Gasteiger partial charge in [0.25, 0.3) is 0 Å². The maximum atomic E-state index is 12.8. The molecule has 3 aromatic carbocycles. The van der Waals surface area contributed by atoms with Gasteiger partial charge in [-0.25, -0.2) is 14.8 Å². The SMILES string of the molecule is COc1cc2ncnc(Nc3ccc4c(cnn4C(=O)Nc4ccc(Cl)c(Cl)c4)c3)c2cc1OC. The second-order valence-electron chi connectivity index (χ2n) is 7.46. The monoisotopic (exact) mass is 508 g/mol. The van der Waals surface area contributed by atoms with Crippen molar-refractivity contribution in [3.63, 3.8) is 0 Å². The predicted octanol–water partition coefficient (Wildman–Crippen LogP) is 6.13. The summed E-state index contributed by atoms with van der Waals surface area (Å²) >= 11 is 12.0. The minimum Gasteiger partial charge on any atom is -0.493 e. The lowest BCUT2D eigenvalue weighted by Crippen LogP contribution is -2.20. The average Bonchev–Trinajstić information content (AvgIpc) is 3.29. The summed E-state index contributed by atoms with van der Waals surface area (Å²) in [4.78, 5) is 21.5. The summed E-state index contributed by atoms with van der Waals surface area (Å²) in [5.74, 6) is 1.75. The number of carbonyl (C=O) groups is 1. The van der Waals surface area contributed by atoms with Crippen LogP contribution in [0.5, 0.6) is 11.5 Å². The first kappa shape index (κ1) is 22.7. The molecule has 0 spiro atoms. The minimum absolute atomic E-state index is 0.346. The van der Waals surface area contributed by atoms with Gasteiger partial charge in [0.2, 0.25) is 0 Å². The molecule has 0 aliphatic carbocycles. The van der Waals surface area contributed by atoms with E-state index in [4.69, 9.17) is 32.7 Å². The number of rotatable bonds is 5. The molecule has 0 saturated heterocycles. The number of halogens is 2. The van der Waals surface area contributed by atoms with E-state index >= 15 is 0 Å². The number of methoxy groups -OCH3 is 2. The number of amides is 1. The maximum Gasteiger partial charge on any atom is 0.347 e. The Morgan fingerprint density at radius 2 is 1.69 bits per heavy atom. The molecule has 0 aliphatic rings. The van der Waals surface area contributed by atoms with E-state index in [2.05, 4.69) is 25.7 Å². The maximum absolute atomic E-state index is 12.8. The van der Waals surface area contributed by atoms with Gasteiger partial charge in [-0.15, -0.1) is 0 Å². The molecule has 0 bridgehead atoms. The summed E-state index contributed by atoms with van der Waals surface area (Å²) in [6, 6.07) is 13.5. The third kappa shape index (κ3) is 4.39. The number of hydrogen-bond donors (Lipinski definition) is 2. The molecular weight excluding hydrogens is 491 g/mol. The van der Waals surface area contributed by atoms with Gasteiger partial charge < -0.3 is 20.1 Å². The van der Waals surface area contributed by atoms with Crippen LogP contribution in [0.25, 0.3) is 21.8 Å². The lowest BCUT2D eigenvalue weighted by atomic mass is 10.2. The fourth-order valence-electron chi connectivity index (χ4n) is 3.64. The van der Waals surface area contributed by atoms with Gasteiger partial charge in [-0.05, 0) is 42.5 Å². The molecule has 0 atom stereocenters. The zero-order valence-electron chi connectivity index (χ0n) is 18.5. The summed E-state index contributed by atoms with van der Waals surface area (Å²) in [6.45, 7) is 0. The molecule has 1 amide bonds. The van der Waals surface area contributed by atoms with E-state index in [9.17, 15) is 4.79 Å². The van der Waals surface area contributed by atoms with Crippen LogP contribution in [-0.4, -0.2) is 40.0 Å². The molecule has 2 heterocycles. The zero-order valence-corrected chi connectivity index (χ0v) is 20.1. The van der Waals surface area contributed by atoms with Crippen molar-refractivity contribution >= 4 is 68.2 Å². The number of benzene rings is 3. The Bertz CT molecular complexity index is 1590. The normalized spacial score (nSPS) is 11.0. The van der Waals surface area contributed by atoms with Gasteiger partial charge in [-0.3, -0.25) is 0 Å². The van der Waals surface area contributed by atoms with Crippen molar-refractivity contribution in [1.82, 2.24) is 19.7 Å². The fourth-order valence-corrected chi connectivity index (χ4v) is 3.94. The topological polar surface area (TPSA) is 103 Å². The van der Waals surface area contributed by atoms with Crippen molar-refractivity contribution in [3.05, 3.63) is 71.1 Å². The number of aromatic nitrogens is 4. The first-order chi connectivity index (χ1) is 17.0. The average molecular weight is 509 g/mol. The quantitative estimate of drug-likeness (QED) is 0.294. The van der Waals surface area contributed by atoms with Crippen LogP contribution in [0.3, 0.4) is 0 Å². The fraction of sp³-hybridized carbons (Fsp3) is 0.0833. The van der Waals surface area contributed by atoms with Gasteiger partial charge >= 0.3 is 6.03 Å². The number of hydrogen-bond acceptors (Lipinski definition) is 7. The Morgan fingerprint density at radius 3 is 2.46 bits per heavy atom. The number of carbonyl (C=O) groups excluding carboxylic acids is 1. The number of nitrogens with one attached hydrogen (secondary N) is 2. The van der Waals surface area contributed by atoms with E-state index in [1.807, 2.05) is 18.2 Å². The van der Waals surface area contributed by atoms with E-state index in [0.717, 1.165) is 16.5 Å². The molecular formula is C24H18Cl2N6O3. The van der Waals surface area contributed by atoms with Gasteiger partial charge in [0, 0.05) is 28.2 Å². The lowest BCUT2D eigenvalue weighted by Gasteiger charge is -2.12. The Kier molecular flexibility index (Phi) is 6.02. The molecule has 0 saturated carbocycles. The molecule has 0 fully saturated rings. The van der Waals surface area contributed by atoms with Gasteiger partial charge in [0.15, 0.2) is 11.5 Å². The second-order valence-corrected chi connectivity index (χ2v) is 8.28. The van der Waals surface area contributed by atoms with E-state index in [1.54, 1.807) is 50.7 Å². The van der Waals surface area contributed by atoms with E-state index in [-0.39, 0.29) is 0 Å². The number of anilines is 3. The van der Waals surface area contributed by atoms with Crippen molar-refractivity contribution in [2.75, 3.05) is 24.9 Å². The lowest BCUT2D eigenvalue weighted by molar-refractivity contribution is 0.252. The van der Waals surface area contributed by atoms with E-state index in [0.29, 0.717) is 44.1 Å². The van der Waals surface area contributed by atoms with Crippen LogP contribution in [0.2, 0.25) is 10.0 Å². The van der Waals surface area contributed by atoms with Crippen molar-refractivity contribution in [3.8, 4) is 11.5 Å². The van der Waals surface area contributed by atoms with Crippen molar-refractivity contribution < 1.29 is 14.3 Å². The summed E-state index contributed by atoms with van der Waals surface area (Å²) in [5, 5.41) is 12.6. The number of fused-ring (bicyclic) bond motifs is 2. The summed E-state index contributed by atoms with van der Waals surface area (Å²) in [5.41, 5.74) is 2.60. The first-order valence-electron chi connectivity index (χ1n) is 10.3. The highest BCUT2D eigenvalue weighted by atomic mass is 35.5. The van der Waals surface area contributed by atoms with Crippen LogP contribution in [0.1, 0.15) is 0 Å². The third-order valence-electron chi connectivity index (χ3n) is 5.33. The van der Waals surface area contributed by atoms with Gasteiger partial charge in [0.05, 0.1) is 41.5 Å². The van der Waals surface area contributed by atoms with Crippen molar-refractivity contribution in [2.24, 2.45) is 0 Å². The second kappa shape index (κ2) is 9.28. The summed E-state index contributed by atoms with van der Waals surface area (Å²) in [7, 11) is 3.15. The molecule has 2 N–H and O–H groups in total. The van der Waals surface area contributed by atoms with E-state index in [1.165, 1.54) is 11.0 Å². The molecule has 5 rings (SSSR count). The van der Waals surface area contributed by atoms with Crippen LogP contribution in [0.4, 0.5) is 22.0 Å². The van der Waals surface area contributed by atoms with Crippen LogP contribution in [0, 0.1) is 0 Å². The summed E-state index contributed by atoms with van der Waals surface area (Å²) in [6.07, 6.45) is 3.08. The molecule has 35 heavy (non-hydrogen) atoms. The van der Waals surface area contributed by atoms with Gasteiger partial charge in [0.1, 0.15) is 12.1 Å². The van der Waals surface area contributed by atoms with Gasteiger partial charge in [-0.1, -0.05) is 23.2 Å². The molecule has 0 aliphatic heterocycles. The molecule has 0 unspecified atom stereocenters. The third-order valence-corrected chi connectivity index (χ3v) is 6.07. The van der Waals surface area contributed by atoms with Crippen LogP contribution in [-0.2, 0) is 0 Å². The highest BCUT2D eigenvalue weighted by Gasteiger charge is 2.14. The van der Waals surface area contributed by atoms with Crippen LogP contribution < -0.4 is 20.1 Å². The van der Waals surface area contributed by atoms with Crippen LogP contribution >= 0.6 is 23.2 Å². The molecule has 176 valence electrons. The van der Waals surface area contributed by atoms with Crippen molar-refractivity contribution in [2.45, 2.75) is 0 Å². The first-order valence-corrected chi connectivity index (χ1v) is 11.1. The largest absolute Gasteiger partial charge is 0.493 e.